The van der Waals surface area contributed by atoms with Gasteiger partial charge < -0.3 is 15.5 Å². The summed E-state index contributed by atoms with van der Waals surface area (Å²) in [5.41, 5.74) is 2.61. The van der Waals surface area contributed by atoms with Gasteiger partial charge in [-0.1, -0.05) is 0 Å². The monoisotopic (exact) mass is 357 g/mol. The molecule has 2 aromatic rings. The fourth-order valence-electron chi connectivity index (χ4n) is 2.16. The minimum absolute atomic E-state index is 0.0476. The summed E-state index contributed by atoms with van der Waals surface area (Å²) in [7, 11) is 3.95. The smallest absolute Gasteiger partial charge is 0.237 e. The second-order valence-corrected chi connectivity index (χ2v) is 7.31. The molecule has 0 aliphatic rings. The van der Waals surface area contributed by atoms with Crippen LogP contribution in [-0.2, 0) is 9.59 Å². The van der Waals surface area contributed by atoms with E-state index in [0.717, 1.165) is 22.0 Å². The van der Waals surface area contributed by atoms with Gasteiger partial charge >= 0.3 is 0 Å². The van der Waals surface area contributed by atoms with Crippen LogP contribution in [0.3, 0.4) is 0 Å². The maximum atomic E-state index is 12.3. The van der Waals surface area contributed by atoms with Gasteiger partial charge in [-0.2, -0.15) is 0 Å². The summed E-state index contributed by atoms with van der Waals surface area (Å²) >= 11 is 1.47. The van der Waals surface area contributed by atoms with Gasteiger partial charge in [0.05, 0.1) is 5.25 Å². The molecular formula is C19H23N3O2S. The first-order valence-corrected chi connectivity index (χ1v) is 8.85. The minimum Gasteiger partial charge on any atom is -0.378 e. The molecule has 0 saturated heterocycles. The zero-order valence-corrected chi connectivity index (χ0v) is 15.7. The van der Waals surface area contributed by atoms with Gasteiger partial charge in [0, 0.05) is 43.0 Å². The summed E-state index contributed by atoms with van der Waals surface area (Å²) < 4.78 is 0. The first-order valence-electron chi connectivity index (χ1n) is 7.97. The normalized spacial score (nSPS) is 11.5. The van der Waals surface area contributed by atoms with E-state index in [1.165, 1.54) is 18.7 Å². The van der Waals surface area contributed by atoms with E-state index in [9.17, 15) is 9.59 Å². The van der Waals surface area contributed by atoms with Crippen molar-refractivity contribution in [3.63, 3.8) is 0 Å². The maximum Gasteiger partial charge on any atom is 0.237 e. The Kier molecular flexibility index (Phi) is 6.47. The van der Waals surface area contributed by atoms with Crippen LogP contribution in [0, 0.1) is 0 Å². The average Bonchev–Trinajstić information content (AvgIpc) is 2.56. The third-order valence-corrected chi connectivity index (χ3v) is 4.62. The third kappa shape index (κ3) is 5.83. The van der Waals surface area contributed by atoms with Crippen molar-refractivity contribution in [1.29, 1.82) is 0 Å². The standard InChI is InChI=1S/C19H23N3O2S/c1-13(25-18-11-7-15(8-12-18)20-14(2)23)19(24)21-16-5-9-17(10-6-16)22(3)4/h5-13H,1-4H3,(H,20,23)(H,21,24)/t13-/m0/s1. The van der Waals surface area contributed by atoms with Gasteiger partial charge in [-0.15, -0.1) is 11.8 Å². The molecule has 25 heavy (non-hydrogen) atoms. The zero-order chi connectivity index (χ0) is 18.4. The predicted molar refractivity (Wildman–Crippen MR) is 105 cm³/mol. The van der Waals surface area contributed by atoms with Crippen molar-refractivity contribution < 1.29 is 9.59 Å². The highest BCUT2D eigenvalue weighted by molar-refractivity contribution is 8.00. The highest BCUT2D eigenvalue weighted by Gasteiger charge is 2.14. The van der Waals surface area contributed by atoms with Gasteiger partial charge in [-0.25, -0.2) is 0 Å². The van der Waals surface area contributed by atoms with Crippen LogP contribution in [0.5, 0.6) is 0 Å². The number of hydrogen-bond acceptors (Lipinski definition) is 4. The Labute approximate surface area is 152 Å². The molecule has 0 bridgehead atoms. The summed E-state index contributed by atoms with van der Waals surface area (Å²) in [4.78, 5) is 26.4. The molecule has 0 saturated carbocycles. The molecule has 6 heteroatoms. The topological polar surface area (TPSA) is 61.4 Å². The van der Waals surface area contributed by atoms with E-state index in [1.54, 1.807) is 0 Å². The van der Waals surface area contributed by atoms with Gasteiger partial charge in [-0.05, 0) is 55.5 Å². The Morgan fingerprint density at radius 1 is 0.920 bits per heavy atom. The highest BCUT2D eigenvalue weighted by Crippen LogP contribution is 2.26. The lowest BCUT2D eigenvalue weighted by molar-refractivity contribution is -0.115. The molecule has 5 nitrogen and oxygen atoms in total. The van der Waals surface area contributed by atoms with E-state index in [0.29, 0.717) is 0 Å². The Hall–Kier alpha value is -2.47. The number of benzene rings is 2. The van der Waals surface area contributed by atoms with Crippen molar-refractivity contribution in [3.05, 3.63) is 48.5 Å². The van der Waals surface area contributed by atoms with Crippen LogP contribution in [0.25, 0.3) is 0 Å². The van der Waals surface area contributed by atoms with Crippen molar-refractivity contribution in [2.24, 2.45) is 0 Å². The van der Waals surface area contributed by atoms with E-state index in [-0.39, 0.29) is 17.1 Å². The van der Waals surface area contributed by atoms with Crippen LogP contribution in [0.2, 0.25) is 0 Å². The first-order chi connectivity index (χ1) is 11.8. The SMILES string of the molecule is CC(=O)Nc1ccc(S[C@@H](C)C(=O)Nc2ccc(N(C)C)cc2)cc1. The number of thioether (sulfide) groups is 1. The molecule has 0 radical (unpaired) electrons. The Morgan fingerprint density at radius 3 is 1.96 bits per heavy atom. The lowest BCUT2D eigenvalue weighted by Gasteiger charge is -2.15. The minimum atomic E-state index is -0.236. The van der Waals surface area contributed by atoms with E-state index >= 15 is 0 Å². The molecule has 2 amide bonds. The first kappa shape index (κ1) is 18.9. The number of nitrogens with zero attached hydrogens (tertiary/aromatic N) is 1. The second kappa shape index (κ2) is 8.58. The fraction of sp³-hybridized carbons (Fsp3) is 0.263. The molecule has 0 fully saturated rings. The van der Waals surface area contributed by atoms with Crippen LogP contribution in [0.15, 0.2) is 53.4 Å². The molecule has 1 atom stereocenters. The number of amides is 2. The van der Waals surface area contributed by atoms with Crippen LogP contribution in [-0.4, -0.2) is 31.2 Å². The summed E-state index contributed by atoms with van der Waals surface area (Å²) in [6, 6.07) is 15.2. The van der Waals surface area contributed by atoms with Crippen molar-refractivity contribution in [2.45, 2.75) is 24.0 Å². The quantitative estimate of drug-likeness (QED) is 0.772. The average molecular weight is 357 g/mol. The molecule has 0 aliphatic carbocycles. The molecule has 0 heterocycles. The number of carbonyl (C=O) groups is 2. The molecule has 0 unspecified atom stereocenters. The van der Waals surface area contributed by atoms with E-state index in [4.69, 9.17) is 0 Å². The van der Waals surface area contributed by atoms with E-state index in [2.05, 4.69) is 10.6 Å². The van der Waals surface area contributed by atoms with Crippen LogP contribution < -0.4 is 15.5 Å². The van der Waals surface area contributed by atoms with Crippen molar-refractivity contribution in [1.82, 2.24) is 0 Å². The van der Waals surface area contributed by atoms with Crippen molar-refractivity contribution in [2.75, 3.05) is 29.6 Å². The number of hydrogen-bond donors (Lipinski definition) is 2. The van der Waals surface area contributed by atoms with Crippen LogP contribution >= 0.6 is 11.8 Å². The lowest BCUT2D eigenvalue weighted by Crippen LogP contribution is -2.22. The van der Waals surface area contributed by atoms with Crippen molar-refractivity contribution >= 4 is 40.6 Å². The molecule has 2 N–H and O–H groups in total. The molecule has 132 valence electrons. The number of nitrogens with one attached hydrogen (secondary N) is 2. The molecular weight excluding hydrogens is 334 g/mol. The van der Waals surface area contributed by atoms with Gasteiger partial charge in [0.2, 0.25) is 11.8 Å². The van der Waals surface area contributed by atoms with Crippen LogP contribution in [0.1, 0.15) is 13.8 Å². The van der Waals surface area contributed by atoms with Gasteiger partial charge in [0.15, 0.2) is 0 Å². The molecule has 0 spiro atoms. The summed E-state index contributed by atoms with van der Waals surface area (Å²) in [6.07, 6.45) is 0. The van der Waals surface area contributed by atoms with Gasteiger partial charge in [-0.3, -0.25) is 9.59 Å². The number of anilines is 3. The van der Waals surface area contributed by atoms with Crippen molar-refractivity contribution in [3.8, 4) is 0 Å². The Balaban J connectivity index is 1.92. The molecule has 0 aliphatic heterocycles. The summed E-state index contributed by atoms with van der Waals surface area (Å²) in [5, 5.41) is 5.42. The lowest BCUT2D eigenvalue weighted by atomic mass is 10.2. The Bertz CT molecular complexity index is 727. The Morgan fingerprint density at radius 2 is 1.44 bits per heavy atom. The van der Waals surface area contributed by atoms with Gasteiger partial charge in [0.25, 0.3) is 0 Å². The van der Waals surface area contributed by atoms with Gasteiger partial charge in [0.1, 0.15) is 0 Å². The largest absolute Gasteiger partial charge is 0.378 e. The van der Waals surface area contributed by atoms with Crippen LogP contribution in [0.4, 0.5) is 17.1 Å². The molecule has 0 aromatic heterocycles. The molecule has 2 aromatic carbocycles. The molecule has 2 rings (SSSR count). The number of carbonyl (C=O) groups excluding carboxylic acids is 2. The van der Waals surface area contributed by atoms with E-state index in [1.807, 2.05) is 74.4 Å². The second-order valence-electron chi connectivity index (χ2n) is 5.90. The van der Waals surface area contributed by atoms with E-state index < -0.39 is 0 Å². The fourth-order valence-corrected chi connectivity index (χ4v) is 3.03. The summed E-state index contributed by atoms with van der Waals surface area (Å²) in [6.45, 7) is 3.34. The third-order valence-electron chi connectivity index (χ3n) is 3.51. The maximum absolute atomic E-state index is 12.3. The predicted octanol–water partition coefficient (Wildman–Crippen LogP) is 3.83. The zero-order valence-electron chi connectivity index (χ0n) is 14.9. The summed E-state index contributed by atoms with van der Waals surface area (Å²) in [5.74, 6) is -0.151. The number of rotatable bonds is 6. The highest BCUT2D eigenvalue weighted by atomic mass is 32.2.